The topological polar surface area (TPSA) is 80.7 Å². The summed E-state index contributed by atoms with van der Waals surface area (Å²) >= 11 is 5.89. The molecule has 0 bridgehead atoms. The normalized spacial score (nSPS) is 18.0. The van der Waals surface area contributed by atoms with Crippen molar-refractivity contribution in [1.29, 1.82) is 0 Å². The molecule has 0 saturated carbocycles. The highest BCUT2D eigenvalue weighted by Crippen LogP contribution is 2.44. The lowest BCUT2D eigenvalue weighted by molar-refractivity contribution is -0.114. The first-order valence-electron chi connectivity index (χ1n) is 12.4. The average molecular weight is 526 g/mol. The van der Waals surface area contributed by atoms with Crippen molar-refractivity contribution in [3.63, 3.8) is 0 Å². The van der Waals surface area contributed by atoms with Gasteiger partial charge in [-0.1, -0.05) is 6.07 Å². The summed E-state index contributed by atoms with van der Waals surface area (Å²) in [5, 5.41) is 6.97. The van der Waals surface area contributed by atoms with Gasteiger partial charge in [0.05, 0.1) is 17.8 Å². The molecular weight excluding hydrogens is 498 g/mol. The lowest BCUT2D eigenvalue weighted by Crippen LogP contribution is -2.29. The number of fused-ring (bicyclic) bond motifs is 1. The van der Waals surface area contributed by atoms with Crippen molar-refractivity contribution < 1.29 is 14.3 Å². The highest BCUT2D eigenvalue weighted by molar-refractivity contribution is 7.80. The fraction of sp³-hybridized carbons (Fsp3) is 0.207. The number of anilines is 2. The second-order valence-corrected chi connectivity index (χ2v) is 9.81. The van der Waals surface area contributed by atoms with Crippen molar-refractivity contribution >= 4 is 34.6 Å². The van der Waals surface area contributed by atoms with Gasteiger partial charge in [0.2, 0.25) is 12.7 Å². The number of pyridine rings is 1. The van der Waals surface area contributed by atoms with Crippen molar-refractivity contribution in [3.05, 3.63) is 95.6 Å². The molecule has 1 fully saturated rings. The van der Waals surface area contributed by atoms with Crippen molar-refractivity contribution in [2.24, 2.45) is 0 Å². The van der Waals surface area contributed by atoms with E-state index >= 15 is 0 Å². The highest BCUT2D eigenvalue weighted by Gasteiger charge is 2.42. The molecule has 2 aromatic carbocycles. The SMILES string of the molecule is CC(=O)Nc1ccc(N2C(=S)NC(c3ccccn3)C2c2cc(C)n(-c3ccc4c(c3)OCO4)c2C)cc1. The predicted octanol–water partition coefficient (Wildman–Crippen LogP) is 5.35. The minimum Gasteiger partial charge on any atom is -0.454 e. The Morgan fingerprint density at radius 1 is 1.03 bits per heavy atom. The number of carbonyl (C=O) groups is 1. The monoisotopic (exact) mass is 525 g/mol. The average Bonchev–Trinajstić information content (AvgIpc) is 3.59. The molecular formula is C29H27N5O3S. The van der Waals surface area contributed by atoms with Crippen LogP contribution in [0.5, 0.6) is 11.5 Å². The van der Waals surface area contributed by atoms with E-state index in [0.717, 1.165) is 51.2 Å². The zero-order chi connectivity index (χ0) is 26.4. The smallest absolute Gasteiger partial charge is 0.231 e. The van der Waals surface area contributed by atoms with E-state index in [0.29, 0.717) is 5.11 Å². The zero-order valence-electron chi connectivity index (χ0n) is 21.3. The van der Waals surface area contributed by atoms with Gasteiger partial charge in [0.15, 0.2) is 16.6 Å². The minimum absolute atomic E-state index is 0.111. The Labute approximate surface area is 226 Å². The number of aromatic nitrogens is 2. The molecule has 8 nitrogen and oxygen atoms in total. The second kappa shape index (κ2) is 9.50. The number of amides is 1. The maximum atomic E-state index is 11.5. The maximum Gasteiger partial charge on any atom is 0.231 e. The van der Waals surface area contributed by atoms with Gasteiger partial charge in [-0.25, -0.2) is 0 Å². The Hall–Kier alpha value is -4.37. The van der Waals surface area contributed by atoms with Gasteiger partial charge in [0.1, 0.15) is 0 Å². The number of benzene rings is 2. The van der Waals surface area contributed by atoms with Crippen LogP contribution in [0.2, 0.25) is 0 Å². The predicted molar refractivity (Wildman–Crippen MR) is 150 cm³/mol. The molecule has 2 N–H and O–H groups in total. The molecule has 38 heavy (non-hydrogen) atoms. The summed E-state index contributed by atoms with van der Waals surface area (Å²) in [6, 6.07) is 21.6. The number of nitrogens with one attached hydrogen (secondary N) is 2. The molecule has 9 heteroatoms. The molecule has 0 spiro atoms. The summed E-state index contributed by atoms with van der Waals surface area (Å²) in [5.74, 6) is 1.39. The lowest BCUT2D eigenvalue weighted by Gasteiger charge is -2.28. The zero-order valence-corrected chi connectivity index (χ0v) is 22.1. The number of ether oxygens (including phenoxy) is 2. The van der Waals surface area contributed by atoms with Gasteiger partial charge in [-0.05, 0) is 86.2 Å². The van der Waals surface area contributed by atoms with Gasteiger partial charge in [-0.2, -0.15) is 0 Å². The van der Waals surface area contributed by atoms with E-state index in [1.54, 1.807) is 6.20 Å². The Morgan fingerprint density at radius 3 is 2.53 bits per heavy atom. The Balaban J connectivity index is 1.46. The molecule has 1 saturated heterocycles. The summed E-state index contributed by atoms with van der Waals surface area (Å²) in [6.07, 6.45) is 1.80. The van der Waals surface area contributed by atoms with Crippen LogP contribution in [-0.2, 0) is 4.79 Å². The van der Waals surface area contributed by atoms with Crippen LogP contribution in [-0.4, -0.2) is 27.4 Å². The number of carbonyl (C=O) groups excluding carboxylic acids is 1. The number of rotatable bonds is 5. The van der Waals surface area contributed by atoms with Crippen molar-refractivity contribution in [1.82, 2.24) is 14.9 Å². The molecule has 2 aromatic heterocycles. The number of nitrogens with zero attached hydrogens (tertiary/aromatic N) is 3. The highest BCUT2D eigenvalue weighted by atomic mass is 32.1. The summed E-state index contributed by atoms with van der Waals surface area (Å²) in [4.78, 5) is 18.3. The van der Waals surface area contributed by atoms with Crippen LogP contribution in [0.15, 0.2) is 72.9 Å². The van der Waals surface area contributed by atoms with Crippen LogP contribution in [0.25, 0.3) is 5.69 Å². The number of hydrogen-bond donors (Lipinski definition) is 2. The Morgan fingerprint density at radius 2 is 1.79 bits per heavy atom. The van der Waals surface area contributed by atoms with Gasteiger partial charge in [-0.15, -0.1) is 0 Å². The second-order valence-electron chi connectivity index (χ2n) is 9.42. The third-order valence-corrected chi connectivity index (χ3v) is 7.28. The minimum atomic E-state index is -0.163. The Bertz CT molecular complexity index is 1530. The van der Waals surface area contributed by atoms with Crippen molar-refractivity contribution in [3.8, 4) is 17.2 Å². The molecule has 192 valence electrons. The lowest BCUT2D eigenvalue weighted by atomic mass is 9.96. The van der Waals surface area contributed by atoms with E-state index in [1.807, 2.05) is 60.7 Å². The summed E-state index contributed by atoms with van der Waals surface area (Å²) in [7, 11) is 0. The van der Waals surface area contributed by atoms with Crippen molar-refractivity contribution in [2.45, 2.75) is 32.9 Å². The largest absolute Gasteiger partial charge is 0.454 e. The number of thiocarbonyl (C=S) groups is 1. The van der Waals surface area contributed by atoms with E-state index in [9.17, 15) is 4.79 Å². The molecule has 1 amide bonds. The standard InChI is InChI=1S/C29H27N5O3S/c1-17-14-23(18(2)33(17)22-11-12-25-26(15-22)37-16-36-25)28-27(24-6-4-5-13-30-24)32-29(38)34(28)21-9-7-20(8-10-21)31-19(3)35/h4-15,27-28H,16H2,1-3H3,(H,31,35)(H,32,38). The quantitative estimate of drug-likeness (QED) is 0.340. The van der Waals surface area contributed by atoms with E-state index in [1.165, 1.54) is 6.92 Å². The molecule has 6 rings (SSSR count). The first-order chi connectivity index (χ1) is 18.4. The van der Waals surface area contributed by atoms with E-state index in [4.69, 9.17) is 21.7 Å². The van der Waals surface area contributed by atoms with Gasteiger partial charge < -0.3 is 29.6 Å². The number of aryl methyl sites for hydroxylation is 1. The van der Waals surface area contributed by atoms with E-state index in [2.05, 4.69) is 45.0 Å². The number of hydrogen-bond acceptors (Lipinski definition) is 5. The van der Waals surface area contributed by atoms with Gasteiger partial charge in [0.25, 0.3) is 0 Å². The molecule has 2 aliphatic heterocycles. The molecule has 4 aromatic rings. The van der Waals surface area contributed by atoms with Crippen molar-refractivity contribution in [2.75, 3.05) is 17.0 Å². The Kier molecular flexibility index (Phi) is 6.00. The molecule has 2 aliphatic rings. The van der Waals surface area contributed by atoms with Crippen LogP contribution in [0.4, 0.5) is 11.4 Å². The molecule has 0 aliphatic carbocycles. The first kappa shape index (κ1) is 24.0. The maximum absolute atomic E-state index is 11.5. The molecule has 2 unspecified atom stereocenters. The molecule has 4 heterocycles. The van der Waals surface area contributed by atoms with E-state index < -0.39 is 0 Å². The van der Waals surface area contributed by atoms with Crippen LogP contribution < -0.4 is 25.0 Å². The van der Waals surface area contributed by atoms with E-state index in [-0.39, 0.29) is 24.8 Å². The van der Waals surface area contributed by atoms with Crippen LogP contribution >= 0.6 is 12.2 Å². The third kappa shape index (κ3) is 4.14. The molecule has 0 radical (unpaired) electrons. The molecule has 2 atom stereocenters. The van der Waals surface area contributed by atoms with Gasteiger partial charge in [0, 0.05) is 47.6 Å². The van der Waals surface area contributed by atoms with Crippen LogP contribution in [0.3, 0.4) is 0 Å². The first-order valence-corrected chi connectivity index (χ1v) is 12.8. The third-order valence-electron chi connectivity index (χ3n) is 6.97. The summed E-state index contributed by atoms with van der Waals surface area (Å²) in [6.45, 7) is 5.96. The summed E-state index contributed by atoms with van der Waals surface area (Å²) in [5.41, 5.74) is 6.89. The summed E-state index contributed by atoms with van der Waals surface area (Å²) < 4.78 is 13.4. The van der Waals surface area contributed by atoms with Gasteiger partial charge in [-0.3, -0.25) is 9.78 Å². The van der Waals surface area contributed by atoms with Crippen LogP contribution in [0, 0.1) is 13.8 Å². The fourth-order valence-corrected chi connectivity index (χ4v) is 5.71. The van der Waals surface area contributed by atoms with Crippen LogP contribution in [0.1, 0.15) is 41.7 Å². The fourth-order valence-electron chi connectivity index (χ4n) is 5.37. The van der Waals surface area contributed by atoms with Gasteiger partial charge >= 0.3 is 0 Å².